The van der Waals surface area contributed by atoms with Crippen LogP contribution in [0.25, 0.3) is 0 Å². The average Bonchev–Trinajstić information content (AvgIpc) is 3.18. The Bertz CT molecular complexity index is 831. The fraction of sp³-hybridized carbons (Fsp3) is 0.444. The van der Waals surface area contributed by atoms with Crippen LogP contribution >= 0.6 is 11.3 Å². The van der Waals surface area contributed by atoms with Crippen LogP contribution in [-0.2, 0) is 20.2 Å². The van der Waals surface area contributed by atoms with Crippen molar-refractivity contribution in [2.75, 3.05) is 26.4 Å². The normalized spacial score (nSPS) is 17.2. The van der Waals surface area contributed by atoms with Crippen molar-refractivity contribution in [2.45, 2.75) is 30.1 Å². The number of sulfonamides is 1. The van der Waals surface area contributed by atoms with E-state index >= 15 is 0 Å². The zero-order valence-electron chi connectivity index (χ0n) is 14.5. The summed E-state index contributed by atoms with van der Waals surface area (Å²) >= 11 is 1.62. The van der Waals surface area contributed by atoms with Crippen LogP contribution in [0.2, 0.25) is 0 Å². The topological polar surface area (TPSA) is 64.6 Å². The number of hydrogen-bond donors (Lipinski definition) is 1. The first-order valence-electron chi connectivity index (χ1n) is 8.51. The van der Waals surface area contributed by atoms with Crippen molar-refractivity contribution in [3.8, 4) is 5.75 Å². The Morgan fingerprint density at radius 3 is 2.69 bits per heavy atom. The molecule has 0 bridgehead atoms. The molecule has 142 valence electrons. The largest absolute Gasteiger partial charge is 0.491 e. The van der Waals surface area contributed by atoms with Gasteiger partial charge < -0.3 is 9.47 Å². The third kappa shape index (κ3) is 4.09. The Balaban J connectivity index is 1.79. The summed E-state index contributed by atoms with van der Waals surface area (Å²) in [5, 5.41) is 1.99. The van der Waals surface area contributed by atoms with E-state index in [1.165, 1.54) is 12.1 Å². The number of nitrogens with one attached hydrogen (secondary N) is 1. The summed E-state index contributed by atoms with van der Waals surface area (Å²) in [4.78, 5) is 1.04. The predicted molar refractivity (Wildman–Crippen MR) is 98.8 cm³/mol. The van der Waals surface area contributed by atoms with Gasteiger partial charge in [0.2, 0.25) is 10.0 Å². The summed E-state index contributed by atoms with van der Waals surface area (Å²) in [5.74, 6) is -0.639. The van der Waals surface area contributed by atoms with E-state index in [4.69, 9.17) is 9.47 Å². The number of hydrogen-bond acceptors (Lipinski definition) is 5. The molecule has 26 heavy (non-hydrogen) atoms. The van der Waals surface area contributed by atoms with Crippen LogP contribution in [0.1, 0.15) is 24.6 Å². The fourth-order valence-electron chi connectivity index (χ4n) is 3.09. The molecule has 0 aliphatic carbocycles. The van der Waals surface area contributed by atoms with Crippen LogP contribution < -0.4 is 9.46 Å². The monoisotopic (exact) mass is 399 g/mol. The van der Waals surface area contributed by atoms with E-state index in [1.54, 1.807) is 18.3 Å². The van der Waals surface area contributed by atoms with Crippen LogP contribution in [0.5, 0.6) is 5.75 Å². The summed E-state index contributed by atoms with van der Waals surface area (Å²) in [6.45, 7) is 3.50. The lowest BCUT2D eigenvalue weighted by Gasteiger charge is -2.36. The highest BCUT2D eigenvalue weighted by atomic mass is 32.2. The number of halogens is 1. The maximum Gasteiger partial charge on any atom is 0.240 e. The molecule has 1 fully saturated rings. The highest BCUT2D eigenvalue weighted by Gasteiger charge is 2.36. The van der Waals surface area contributed by atoms with Crippen molar-refractivity contribution >= 4 is 21.4 Å². The van der Waals surface area contributed by atoms with Crippen molar-refractivity contribution in [2.24, 2.45) is 0 Å². The van der Waals surface area contributed by atoms with Crippen LogP contribution in [-0.4, -0.2) is 34.8 Å². The molecule has 3 rings (SSSR count). The van der Waals surface area contributed by atoms with E-state index in [1.807, 2.05) is 17.5 Å². The number of rotatable bonds is 7. The van der Waals surface area contributed by atoms with E-state index in [9.17, 15) is 12.8 Å². The molecule has 0 radical (unpaired) electrons. The molecule has 1 aromatic carbocycles. The van der Waals surface area contributed by atoms with Gasteiger partial charge >= 0.3 is 0 Å². The van der Waals surface area contributed by atoms with E-state index in [0.717, 1.165) is 23.8 Å². The maximum absolute atomic E-state index is 14.0. The van der Waals surface area contributed by atoms with Gasteiger partial charge in [0, 0.05) is 30.1 Å². The molecule has 2 aromatic rings. The van der Waals surface area contributed by atoms with E-state index in [-0.39, 0.29) is 22.6 Å². The maximum atomic E-state index is 14.0. The molecule has 1 aliphatic rings. The first kappa shape index (κ1) is 19.3. The minimum absolute atomic E-state index is 0.0472. The molecule has 2 heterocycles. The summed E-state index contributed by atoms with van der Waals surface area (Å²) < 4.78 is 52.6. The van der Waals surface area contributed by atoms with Crippen molar-refractivity contribution in [3.63, 3.8) is 0 Å². The SMILES string of the molecule is CCOc1ccc(S(=O)(=O)NCC2(c3cccs3)CCOCC2)cc1F. The molecule has 0 amide bonds. The Morgan fingerprint density at radius 2 is 2.08 bits per heavy atom. The second-order valence-electron chi connectivity index (χ2n) is 6.22. The standard InChI is InChI=1S/C18H22FNO4S2/c1-2-24-16-6-5-14(12-15(16)19)26(21,22)20-13-18(7-9-23-10-8-18)17-4-3-11-25-17/h3-6,11-12,20H,2,7-10,13H2,1H3. The third-order valence-electron chi connectivity index (χ3n) is 4.61. The molecule has 1 N–H and O–H groups in total. The van der Waals surface area contributed by atoms with Gasteiger partial charge in [-0.05, 0) is 49.4 Å². The first-order valence-corrected chi connectivity index (χ1v) is 10.9. The van der Waals surface area contributed by atoms with Crippen molar-refractivity contribution < 1.29 is 22.3 Å². The smallest absolute Gasteiger partial charge is 0.240 e. The van der Waals surface area contributed by atoms with Gasteiger partial charge in [-0.25, -0.2) is 17.5 Å². The van der Waals surface area contributed by atoms with Crippen LogP contribution in [0, 0.1) is 5.82 Å². The number of benzene rings is 1. The van der Waals surface area contributed by atoms with Gasteiger partial charge in [0.25, 0.3) is 0 Å². The zero-order valence-corrected chi connectivity index (χ0v) is 16.2. The molecule has 0 unspecified atom stereocenters. The molecule has 5 nitrogen and oxygen atoms in total. The van der Waals surface area contributed by atoms with E-state index in [0.29, 0.717) is 19.8 Å². The number of thiophene rings is 1. The van der Waals surface area contributed by atoms with Gasteiger partial charge in [0.1, 0.15) is 0 Å². The second kappa shape index (κ2) is 8.04. The number of ether oxygens (including phenoxy) is 2. The first-order chi connectivity index (χ1) is 12.5. The summed E-state index contributed by atoms with van der Waals surface area (Å²) in [5.41, 5.74) is -0.288. The summed E-state index contributed by atoms with van der Waals surface area (Å²) in [6, 6.07) is 7.69. The van der Waals surface area contributed by atoms with Gasteiger partial charge in [-0.15, -0.1) is 11.3 Å². The minimum Gasteiger partial charge on any atom is -0.491 e. The lowest BCUT2D eigenvalue weighted by atomic mass is 9.79. The Morgan fingerprint density at radius 1 is 1.31 bits per heavy atom. The van der Waals surface area contributed by atoms with Crippen molar-refractivity contribution in [1.82, 2.24) is 4.72 Å². The second-order valence-corrected chi connectivity index (χ2v) is 8.93. The van der Waals surface area contributed by atoms with Crippen molar-refractivity contribution in [1.29, 1.82) is 0 Å². The fourth-order valence-corrected chi connectivity index (χ4v) is 5.22. The van der Waals surface area contributed by atoms with Crippen LogP contribution in [0.4, 0.5) is 4.39 Å². The third-order valence-corrected chi connectivity index (χ3v) is 7.12. The lowest BCUT2D eigenvalue weighted by Crippen LogP contribution is -2.44. The van der Waals surface area contributed by atoms with Gasteiger partial charge in [-0.1, -0.05) is 6.07 Å². The lowest BCUT2D eigenvalue weighted by molar-refractivity contribution is 0.0529. The minimum atomic E-state index is -3.82. The molecular weight excluding hydrogens is 377 g/mol. The summed E-state index contributed by atoms with van der Waals surface area (Å²) in [6.07, 6.45) is 1.49. The highest BCUT2D eigenvalue weighted by Crippen LogP contribution is 2.37. The van der Waals surface area contributed by atoms with E-state index < -0.39 is 15.8 Å². The van der Waals surface area contributed by atoms with Crippen LogP contribution in [0.3, 0.4) is 0 Å². The summed E-state index contributed by atoms with van der Waals surface area (Å²) in [7, 11) is -3.82. The Labute approximate surface area is 157 Å². The molecule has 0 atom stereocenters. The van der Waals surface area contributed by atoms with Gasteiger partial charge in [0.05, 0.1) is 11.5 Å². The molecule has 1 aliphatic heterocycles. The Kier molecular flexibility index (Phi) is 5.96. The molecular formula is C18H22FNO4S2. The molecule has 0 saturated carbocycles. The Hall–Kier alpha value is -1.48. The van der Waals surface area contributed by atoms with Gasteiger partial charge in [0.15, 0.2) is 11.6 Å². The zero-order chi connectivity index (χ0) is 18.6. The van der Waals surface area contributed by atoms with Crippen molar-refractivity contribution in [3.05, 3.63) is 46.4 Å². The average molecular weight is 400 g/mol. The molecule has 0 spiro atoms. The molecule has 1 saturated heterocycles. The van der Waals surface area contributed by atoms with Crippen LogP contribution in [0.15, 0.2) is 40.6 Å². The quantitative estimate of drug-likeness (QED) is 0.776. The molecule has 8 heteroatoms. The predicted octanol–water partition coefficient (Wildman–Crippen LogP) is 3.31. The van der Waals surface area contributed by atoms with Gasteiger partial charge in [-0.3, -0.25) is 0 Å². The van der Waals surface area contributed by atoms with Gasteiger partial charge in [-0.2, -0.15) is 0 Å². The van der Waals surface area contributed by atoms with E-state index in [2.05, 4.69) is 4.72 Å². The molecule has 1 aromatic heterocycles. The highest BCUT2D eigenvalue weighted by molar-refractivity contribution is 7.89.